The van der Waals surface area contributed by atoms with E-state index in [4.69, 9.17) is 0 Å². The highest BCUT2D eigenvalue weighted by molar-refractivity contribution is 6.06. The summed E-state index contributed by atoms with van der Waals surface area (Å²) in [4.78, 5) is 19.0. The van der Waals surface area contributed by atoms with Crippen molar-refractivity contribution in [2.24, 2.45) is 7.05 Å². The van der Waals surface area contributed by atoms with Gasteiger partial charge in [0.1, 0.15) is 5.65 Å². The summed E-state index contributed by atoms with van der Waals surface area (Å²) in [6.45, 7) is 1.77. The van der Waals surface area contributed by atoms with E-state index in [1.54, 1.807) is 6.20 Å². The van der Waals surface area contributed by atoms with Gasteiger partial charge in [0.05, 0.1) is 5.56 Å². The molecule has 0 aromatic carbocycles. The molecule has 0 N–H and O–H groups in total. The number of carbonyl (C=O) groups is 1. The smallest absolute Gasteiger partial charge is 0.256 e. The highest BCUT2D eigenvalue weighted by Crippen LogP contribution is 2.21. The number of aromatic nitrogens is 2. The van der Waals surface area contributed by atoms with Crippen molar-refractivity contribution >= 4 is 16.9 Å². The van der Waals surface area contributed by atoms with Crippen LogP contribution in [-0.4, -0.2) is 33.4 Å². The number of rotatable bonds is 1. The van der Waals surface area contributed by atoms with Gasteiger partial charge in [0.25, 0.3) is 5.91 Å². The highest BCUT2D eigenvalue weighted by atomic mass is 16.2. The van der Waals surface area contributed by atoms with E-state index in [-0.39, 0.29) is 5.91 Å². The summed E-state index contributed by atoms with van der Waals surface area (Å²) in [6, 6.07) is 3.87. The number of amides is 1. The summed E-state index contributed by atoms with van der Waals surface area (Å²) in [6.07, 6.45) is 8.39. The van der Waals surface area contributed by atoms with E-state index < -0.39 is 0 Å². The summed E-state index contributed by atoms with van der Waals surface area (Å²) >= 11 is 0. The van der Waals surface area contributed by atoms with Crippen molar-refractivity contribution in [3.05, 3.63) is 30.1 Å². The fourth-order valence-corrected chi connectivity index (χ4v) is 2.83. The molecule has 1 aliphatic rings. The van der Waals surface area contributed by atoms with E-state index in [0.29, 0.717) is 0 Å². The molecule has 4 heteroatoms. The molecular formula is C15H19N3O. The van der Waals surface area contributed by atoms with Gasteiger partial charge in [-0.25, -0.2) is 4.98 Å². The number of pyridine rings is 1. The van der Waals surface area contributed by atoms with Gasteiger partial charge in [-0.05, 0) is 25.0 Å². The standard InChI is InChI=1S/C15H19N3O/c1-17-11-13(12-7-6-8-16-14(12)17)15(19)18-9-4-2-3-5-10-18/h6-8,11H,2-5,9-10H2,1H3. The third-order valence-corrected chi connectivity index (χ3v) is 3.86. The molecule has 0 aliphatic carbocycles. The Kier molecular flexibility index (Phi) is 3.23. The lowest BCUT2D eigenvalue weighted by Crippen LogP contribution is -2.31. The van der Waals surface area contributed by atoms with E-state index >= 15 is 0 Å². The van der Waals surface area contributed by atoms with E-state index in [0.717, 1.165) is 42.5 Å². The maximum atomic E-state index is 12.7. The van der Waals surface area contributed by atoms with Crippen LogP contribution in [0.4, 0.5) is 0 Å². The van der Waals surface area contributed by atoms with Gasteiger partial charge in [0, 0.05) is 37.9 Å². The van der Waals surface area contributed by atoms with E-state index in [1.807, 2.05) is 34.8 Å². The molecule has 1 saturated heterocycles. The van der Waals surface area contributed by atoms with Gasteiger partial charge < -0.3 is 9.47 Å². The lowest BCUT2D eigenvalue weighted by molar-refractivity contribution is 0.0763. The quantitative estimate of drug-likeness (QED) is 0.787. The summed E-state index contributed by atoms with van der Waals surface area (Å²) in [5.41, 5.74) is 1.66. The first-order valence-electron chi connectivity index (χ1n) is 6.97. The summed E-state index contributed by atoms with van der Waals surface area (Å²) in [5.74, 6) is 0.153. The highest BCUT2D eigenvalue weighted by Gasteiger charge is 2.21. The number of hydrogen-bond donors (Lipinski definition) is 0. The average Bonchev–Trinajstić information content (AvgIpc) is 2.64. The molecule has 3 rings (SSSR count). The molecule has 0 spiro atoms. The first kappa shape index (κ1) is 12.2. The van der Waals surface area contributed by atoms with Gasteiger partial charge in [-0.3, -0.25) is 4.79 Å². The third-order valence-electron chi connectivity index (χ3n) is 3.86. The zero-order chi connectivity index (χ0) is 13.2. The predicted octanol–water partition coefficient (Wildman–Crippen LogP) is 2.59. The molecule has 0 bridgehead atoms. The van der Waals surface area contributed by atoms with E-state index in [9.17, 15) is 4.79 Å². The zero-order valence-corrected chi connectivity index (χ0v) is 11.3. The molecule has 100 valence electrons. The summed E-state index contributed by atoms with van der Waals surface area (Å²) < 4.78 is 1.93. The Morgan fingerprint density at radius 3 is 2.68 bits per heavy atom. The van der Waals surface area contributed by atoms with E-state index in [2.05, 4.69) is 4.98 Å². The van der Waals surface area contributed by atoms with Crippen molar-refractivity contribution in [2.45, 2.75) is 25.7 Å². The van der Waals surface area contributed by atoms with Crippen LogP contribution in [0.25, 0.3) is 11.0 Å². The third kappa shape index (κ3) is 2.23. The van der Waals surface area contributed by atoms with Crippen LogP contribution in [-0.2, 0) is 7.05 Å². The molecule has 0 saturated carbocycles. The number of nitrogens with zero attached hydrogens (tertiary/aromatic N) is 3. The first-order chi connectivity index (χ1) is 9.27. The van der Waals surface area contributed by atoms with Gasteiger partial charge >= 0.3 is 0 Å². The van der Waals surface area contributed by atoms with Crippen LogP contribution in [0.15, 0.2) is 24.5 Å². The molecule has 3 heterocycles. The Hall–Kier alpha value is -1.84. The monoisotopic (exact) mass is 257 g/mol. The minimum Gasteiger partial charge on any atom is -0.339 e. The Balaban J connectivity index is 1.97. The zero-order valence-electron chi connectivity index (χ0n) is 11.3. The van der Waals surface area contributed by atoms with Gasteiger partial charge in [-0.1, -0.05) is 12.8 Å². The lowest BCUT2D eigenvalue weighted by Gasteiger charge is -2.19. The van der Waals surface area contributed by atoms with Crippen LogP contribution in [0.5, 0.6) is 0 Å². The van der Waals surface area contributed by atoms with Crippen molar-refractivity contribution < 1.29 is 4.79 Å². The second-order valence-electron chi connectivity index (χ2n) is 5.23. The van der Waals surface area contributed by atoms with Crippen LogP contribution in [0.1, 0.15) is 36.0 Å². The minimum absolute atomic E-state index is 0.153. The predicted molar refractivity (Wildman–Crippen MR) is 75.1 cm³/mol. The minimum atomic E-state index is 0.153. The Labute approximate surface area is 113 Å². The molecule has 1 aliphatic heterocycles. The normalized spacial score (nSPS) is 16.6. The van der Waals surface area contributed by atoms with Crippen molar-refractivity contribution in [2.75, 3.05) is 13.1 Å². The molecule has 1 amide bonds. The van der Waals surface area contributed by atoms with Crippen molar-refractivity contribution in [1.82, 2.24) is 14.5 Å². The fraction of sp³-hybridized carbons (Fsp3) is 0.467. The van der Waals surface area contributed by atoms with Crippen LogP contribution in [0.2, 0.25) is 0 Å². The van der Waals surface area contributed by atoms with Gasteiger partial charge in [0.2, 0.25) is 0 Å². The molecule has 0 radical (unpaired) electrons. The summed E-state index contributed by atoms with van der Waals surface area (Å²) in [5, 5.41) is 0.958. The Morgan fingerprint density at radius 1 is 1.21 bits per heavy atom. The van der Waals surface area contributed by atoms with Crippen molar-refractivity contribution in [3.8, 4) is 0 Å². The maximum absolute atomic E-state index is 12.7. The Morgan fingerprint density at radius 2 is 1.95 bits per heavy atom. The molecule has 2 aromatic rings. The van der Waals surface area contributed by atoms with Gasteiger partial charge in [-0.2, -0.15) is 0 Å². The molecule has 2 aromatic heterocycles. The van der Waals surface area contributed by atoms with Crippen molar-refractivity contribution in [1.29, 1.82) is 0 Å². The first-order valence-corrected chi connectivity index (χ1v) is 6.97. The Bertz CT molecular complexity index is 594. The lowest BCUT2D eigenvalue weighted by atomic mass is 10.2. The summed E-state index contributed by atoms with van der Waals surface area (Å²) in [7, 11) is 1.94. The van der Waals surface area contributed by atoms with Crippen LogP contribution >= 0.6 is 0 Å². The van der Waals surface area contributed by atoms with Gasteiger partial charge in [-0.15, -0.1) is 0 Å². The molecule has 4 nitrogen and oxygen atoms in total. The number of carbonyl (C=O) groups excluding carboxylic acids is 1. The number of likely N-dealkylation sites (tertiary alicyclic amines) is 1. The molecule has 19 heavy (non-hydrogen) atoms. The van der Waals surface area contributed by atoms with Gasteiger partial charge in [0.15, 0.2) is 0 Å². The molecular weight excluding hydrogens is 238 g/mol. The largest absolute Gasteiger partial charge is 0.339 e. The second kappa shape index (κ2) is 5.03. The molecule has 0 unspecified atom stereocenters. The fourth-order valence-electron chi connectivity index (χ4n) is 2.83. The van der Waals surface area contributed by atoms with Crippen molar-refractivity contribution in [3.63, 3.8) is 0 Å². The van der Waals surface area contributed by atoms with Crippen LogP contribution in [0, 0.1) is 0 Å². The average molecular weight is 257 g/mol. The maximum Gasteiger partial charge on any atom is 0.256 e. The van der Waals surface area contributed by atoms with Crippen LogP contribution < -0.4 is 0 Å². The second-order valence-corrected chi connectivity index (χ2v) is 5.23. The molecule has 0 atom stereocenters. The number of aryl methyl sites for hydroxylation is 1. The van der Waals surface area contributed by atoms with E-state index in [1.165, 1.54) is 12.8 Å². The molecule has 1 fully saturated rings. The number of hydrogen-bond acceptors (Lipinski definition) is 2. The topological polar surface area (TPSA) is 38.1 Å². The van der Waals surface area contributed by atoms with Crippen LogP contribution in [0.3, 0.4) is 0 Å². The SMILES string of the molecule is Cn1cc(C(=O)N2CCCCCC2)c2cccnc21. The number of fused-ring (bicyclic) bond motifs is 1.